The summed E-state index contributed by atoms with van der Waals surface area (Å²) in [5, 5.41) is 1.57. The quantitative estimate of drug-likeness (QED) is 0.515. The maximum Gasteiger partial charge on any atom is 0.246 e. The molecular weight excluding hydrogens is 385 g/mol. The Hall–Kier alpha value is -2.54. The Morgan fingerprint density at radius 3 is 2.75 bits per heavy atom. The molecule has 0 fully saturated rings. The average Bonchev–Trinajstić information content (AvgIpc) is 2.69. The number of ether oxygens (including phenoxy) is 3. The fourth-order valence-electron chi connectivity index (χ4n) is 3.82. The smallest absolute Gasteiger partial charge is 0.246 e. The SMILES string of the molecule is CCN1CCOc2cc3c(cc21)Oc1cc2c(cc1=N3)OCC[N+]=2CCF.[Cl-]. The van der Waals surface area contributed by atoms with E-state index in [1.807, 2.05) is 28.8 Å². The summed E-state index contributed by atoms with van der Waals surface area (Å²) in [6, 6.07) is 7.70. The number of hydrogen-bond acceptors (Lipinski definition) is 5. The predicted octanol–water partition coefficient (Wildman–Crippen LogP) is -1.18. The first-order valence-corrected chi connectivity index (χ1v) is 9.34. The zero-order valence-corrected chi connectivity index (χ0v) is 16.3. The van der Waals surface area contributed by atoms with Crippen molar-refractivity contribution in [3.8, 4) is 23.0 Å². The first-order chi connectivity index (χ1) is 13.3. The first-order valence-electron chi connectivity index (χ1n) is 9.34. The van der Waals surface area contributed by atoms with E-state index < -0.39 is 6.67 Å². The summed E-state index contributed by atoms with van der Waals surface area (Å²) in [4.78, 5) is 7.02. The van der Waals surface area contributed by atoms with E-state index >= 15 is 0 Å². The van der Waals surface area contributed by atoms with E-state index in [2.05, 4.69) is 11.8 Å². The lowest BCUT2D eigenvalue weighted by Crippen LogP contribution is -3.00. The molecule has 0 amide bonds. The Morgan fingerprint density at radius 1 is 1.07 bits per heavy atom. The number of halogens is 2. The van der Waals surface area contributed by atoms with Gasteiger partial charge >= 0.3 is 0 Å². The van der Waals surface area contributed by atoms with Crippen molar-refractivity contribution in [3.05, 3.63) is 35.0 Å². The van der Waals surface area contributed by atoms with Crippen LogP contribution in [0.25, 0.3) is 0 Å². The Kier molecular flexibility index (Phi) is 5.02. The molecule has 3 heterocycles. The molecular formula is C20H21ClFN3O3. The van der Waals surface area contributed by atoms with Crippen LogP contribution in [0, 0.1) is 0 Å². The summed E-state index contributed by atoms with van der Waals surface area (Å²) in [5.74, 6) is 2.92. The van der Waals surface area contributed by atoms with Crippen LogP contribution in [0.5, 0.6) is 23.0 Å². The number of likely N-dealkylation sites (N-methyl/N-ethyl adjacent to an activating group) is 1. The molecule has 2 aromatic carbocycles. The number of anilines is 1. The van der Waals surface area contributed by atoms with E-state index in [1.54, 1.807) is 0 Å². The molecule has 5 rings (SSSR count). The minimum Gasteiger partial charge on any atom is -1.00 e. The third-order valence-electron chi connectivity index (χ3n) is 5.20. The largest absolute Gasteiger partial charge is 1.00 e. The van der Waals surface area contributed by atoms with Gasteiger partial charge in [0.25, 0.3) is 0 Å². The van der Waals surface area contributed by atoms with Gasteiger partial charge in [-0.15, -0.1) is 0 Å². The van der Waals surface area contributed by atoms with Crippen molar-refractivity contribution < 1.29 is 31.0 Å². The Bertz CT molecular complexity index is 1040. The number of nitrogens with zero attached hydrogens (tertiary/aromatic N) is 3. The van der Waals surface area contributed by atoms with Crippen LogP contribution in [0.4, 0.5) is 15.8 Å². The van der Waals surface area contributed by atoms with E-state index in [0.29, 0.717) is 43.2 Å². The molecule has 3 aliphatic heterocycles. The highest BCUT2D eigenvalue weighted by atomic mass is 35.5. The molecule has 0 saturated carbocycles. The second-order valence-electron chi connectivity index (χ2n) is 6.74. The van der Waals surface area contributed by atoms with Gasteiger partial charge in [-0.1, -0.05) is 0 Å². The molecule has 28 heavy (non-hydrogen) atoms. The monoisotopic (exact) mass is 405 g/mol. The second-order valence-corrected chi connectivity index (χ2v) is 6.74. The van der Waals surface area contributed by atoms with E-state index in [4.69, 9.17) is 19.2 Å². The maximum atomic E-state index is 12.9. The zero-order valence-electron chi connectivity index (χ0n) is 15.6. The fourth-order valence-corrected chi connectivity index (χ4v) is 3.82. The average molecular weight is 406 g/mol. The van der Waals surface area contributed by atoms with Gasteiger partial charge in [0.2, 0.25) is 5.36 Å². The summed E-state index contributed by atoms with van der Waals surface area (Å²) in [7, 11) is 0. The molecule has 0 saturated heterocycles. The van der Waals surface area contributed by atoms with Gasteiger partial charge in [-0.2, -0.15) is 0 Å². The lowest BCUT2D eigenvalue weighted by atomic mass is 10.1. The third-order valence-corrected chi connectivity index (χ3v) is 5.20. The van der Waals surface area contributed by atoms with Gasteiger partial charge in [0.1, 0.15) is 36.7 Å². The number of rotatable bonds is 3. The highest BCUT2D eigenvalue weighted by molar-refractivity contribution is 5.72. The van der Waals surface area contributed by atoms with E-state index in [1.165, 1.54) is 0 Å². The van der Waals surface area contributed by atoms with Crippen LogP contribution >= 0.6 is 0 Å². The lowest BCUT2D eigenvalue weighted by molar-refractivity contribution is -0.00000737. The topological polar surface area (TPSA) is 46.3 Å². The minimum atomic E-state index is -0.399. The maximum absolute atomic E-state index is 12.9. The van der Waals surface area contributed by atoms with Gasteiger partial charge in [0.15, 0.2) is 30.3 Å². The molecule has 0 aromatic heterocycles. The molecule has 3 aliphatic rings. The van der Waals surface area contributed by atoms with Crippen LogP contribution in [0.15, 0.2) is 29.3 Å². The van der Waals surface area contributed by atoms with Crippen molar-refractivity contribution in [2.24, 2.45) is 4.99 Å². The van der Waals surface area contributed by atoms with Gasteiger partial charge in [-0.25, -0.2) is 14.0 Å². The van der Waals surface area contributed by atoms with Gasteiger partial charge in [0, 0.05) is 24.7 Å². The van der Waals surface area contributed by atoms with E-state index in [-0.39, 0.29) is 12.4 Å². The molecule has 0 spiro atoms. The summed E-state index contributed by atoms with van der Waals surface area (Å²) < 4.78 is 32.6. The molecule has 0 radical (unpaired) electrons. The number of alkyl halides is 1. The van der Waals surface area contributed by atoms with Crippen molar-refractivity contribution in [3.63, 3.8) is 0 Å². The summed E-state index contributed by atoms with van der Waals surface area (Å²) >= 11 is 0. The van der Waals surface area contributed by atoms with Crippen LogP contribution in [-0.2, 0) is 0 Å². The van der Waals surface area contributed by atoms with Crippen molar-refractivity contribution in [2.75, 3.05) is 51.0 Å². The predicted molar refractivity (Wildman–Crippen MR) is 99.2 cm³/mol. The fraction of sp³-hybridized carbons (Fsp3) is 0.400. The minimum absolute atomic E-state index is 0. The van der Waals surface area contributed by atoms with Crippen LogP contribution < -0.4 is 46.8 Å². The highest BCUT2D eigenvalue weighted by Crippen LogP contribution is 2.44. The Labute approximate surface area is 168 Å². The van der Waals surface area contributed by atoms with Gasteiger partial charge in [0.05, 0.1) is 18.3 Å². The molecule has 0 atom stereocenters. The van der Waals surface area contributed by atoms with E-state index in [0.717, 1.165) is 41.3 Å². The number of hydrogen-bond donors (Lipinski definition) is 0. The second kappa shape index (κ2) is 7.47. The Morgan fingerprint density at radius 2 is 1.93 bits per heavy atom. The molecule has 0 bridgehead atoms. The van der Waals surface area contributed by atoms with Crippen molar-refractivity contribution in [1.29, 1.82) is 0 Å². The molecule has 0 aliphatic carbocycles. The van der Waals surface area contributed by atoms with Gasteiger partial charge in [-0.05, 0) is 6.92 Å². The molecule has 148 valence electrons. The normalized spacial score (nSPS) is 16.1. The van der Waals surface area contributed by atoms with Crippen LogP contribution in [0.1, 0.15) is 6.92 Å². The molecule has 0 unspecified atom stereocenters. The van der Waals surface area contributed by atoms with Crippen LogP contribution in [0.2, 0.25) is 0 Å². The van der Waals surface area contributed by atoms with Crippen LogP contribution in [0.3, 0.4) is 0 Å². The summed E-state index contributed by atoms with van der Waals surface area (Å²) in [5.41, 5.74) is 1.78. The highest BCUT2D eigenvalue weighted by Gasteiger charge is 2.25. The van der Waals surface area contributed by atoms with E-state index in [9.17, 15) is 4.39 Å². The summed E-state index contributed by atoms with van der Waals surface area (Å²) in [6.07, 6.45) is 0. The first kappa shape index (κ1) is 18.8. The zero-order chi connectivity index (χ0) is 18.4. The van der Waals surface area contributed by atoms with Gasteiger partial charge in [-0.3, -0.25) is 0 Å². The molecule has 2 aromatic rings. The standard InChI is InChI=1S/C20H21FN3O3.ClH/c1-2-23-5-7-25-19-9-13-17(11-15(19)23)27-18-12-16-20(10-14(18)22-13)26-8-6-24(16)4-3-21;/h9-12H,2-8H2,1H3;1H/q+1;/p-1. The summed E-state index contributed by atoms with van der Waals surface area (Å²) in [6.45, 7) is 5.72. The molecule has 8 heteroatoms. The third kappa shape index (κ3) is 3.03. The van der Waals surface area contributed by atoms with Crippen molar-refractivity contribution in [2.45, 2.75) is 6.92 Å². The Balaban J connectivity index is 0.00000192. The number of benzene rings is 2. The van der Waals surface area contributed by atoms with Crippen LogP contribution in [-0.4, -0.2) is 46.1 Å². The van der Waals surface area contributed by atoms with Crippen molar-refractivity contribution >= 4 is 11.4 Å². The van der Waals surface area contributed by atoms with Gasteiger partial charge < -0.3 is 31.5 Å². The van der Waals surface area contributed by atoms with Crippen molar-refractivity contribution in [1.82, 2.24) is 4.58 Å². The molecule has 0 N–H and O–H groups in total. The number of fused-ring (bicyclic) bond motifs is 4. The molecule has 6 nitrogen and oxygen atoms in total. The lowest BCUT2D eigenvalue weighted by Gasteiger charge is -2.31.